The minimum atomic E-state index is -0.516. The van der Waals surface area contributed by atoms with Crippen LogP contribution in [0.2, 0.25) is 0 Å². The Morgan fingerprint density at radius 1 is 1.42 bits per heavy atom. The second-order valence-electron chi connectivity index (χ2n) is 5.36. The summed E-state index contributed by atoms with van der Waals surface area (Å²) in [4.78, 5) is 23.8. The quantitative estimate of drug-likeness (QED) is 0.850. The number of rotatable bonds is 4. The summed E-state index contributed by atoms with van der Waals surface area (Å²) in [5.41, 5.74) is 6.67. The third-order valence-corrected chi connectivity index (χ3v) is 3.44. The Labute approximate surface area is 111 Å². The number of hydrogen-bond donors (Lipinski definition) is 1. The molecule has 1 aromatic carbocycles. The molecule has 0 bridgehead atoms. The predicted octanol–water partition coefficient (Wildman–Crippen LogP) is 1.69. The molecule has 0 saturated heterocycles. The number of nitrogens with two attached hydrogens (primary N) is 1. The Bertz CT molecular complexity index is 680. The van der Waals surface area contributed by atoms with Gasteiger partial charge in [-0.15, -0.1) is 0 Å². The fourth-order valence-corrected chi connectivity index (χ4v) is 2.14. The van der Waals surface area contributed by atoms with Crippen LogP contribution in [0.25, 0.3) is 11.1 Å². The molecule has 2 aromatic rings. The molecule has 5 nitrogen and oxygen atoms in total. The van der Waals surface area contributed by atoms with Gasteiger partial charge >= 0.3 is 5.76 Å². The molecular formula is C14H18N2O3. The van der Waals surface area contributed by atoms with E-state index in [-0.39, 0.29) is 5.78 Å². The van der Waals surface area contributed by atoms with Crippen LogP contribution in [0.3, 0.4) is 0 Å². The SMILES string of the molecule is Cn1c(=O)oc2cc(C(=O)C(C)(C)CCN)ccc21. The van der Waals surface area contributed by atoms with Crippen LogP contribution >= 0.6 is 0 Å². The lowest BCUT2D eigenvalue weighted by atomic mass is 9.81. The van der Waals surface area contributed by atoms with Crippen LogP contribution in [-0.4, -0.2) is 16.9 Å². The van der Waals surface area contributed by atoms with Crippen molar-refractivity contribution in [2.24, 2.45) is 18.2 Å². The zero-order valence-corrected chi connectivity index (χ0v) is 11.4. The number of nitrogens with zero attached hydrogens (tertiary/aromatic N) is 1. The smallest absolute Gasteiger partial charge is 0.408 e. The van der Waals surface area contributed by atoms with Crippen molar-refractivity contribution in [2.45, 2.75) is 20.3 Å². The fraction of sp³-hybridized carbons (Fsp3) is 0.429. The van der Waals surface area contributed by atoms with E-state index in [0.717, 1.165) is 0 Å². The molecule has 0 saturated carbocycles. The molecule has 0 atom stereocenters. The second kappa shape index (κ2) is 4.66. The highest BCUT2D eigenvalue weighted by Crippen LogP contribution is 2.26. The molecule has 102 valence electrons. The number of oxazole rings is 1. The number of hydrogen-bond acceptors (Lipinski definition) is 4. The highest BCUT2D eigenvalue weighted by molar-refractivity contribution is 6.02. The summed E-state index contributed by atoms with van der Waals surface area (Å²) in [5.74, 6) is -0.424. The van der Waals surface area contributed by atoms with Crippen molar-refractivity contribution in [1.82, 2.24) is 4.57 Å². The molecule has 5 heteroatoms. The lowest BCUT2D eigenvalue weighted by Crippen LogP contribution is -2.27. The summed E-state index contributed by atoms with van der Waals surface area (Å²) in [6, 6.07) is 5.07. The van der Waals surface area contributed by atoms with Gasteiger partial charge in [0.05, 0.1) is 5.52 Å². The van der Waals surface area contributed by atoms with Gasteiger partial charge in [-0.2, -0.15) is 0 Å². The van der Waals surface area contributed by atoms with Crippen molar-refractivity contribution in [3.63, 3.8) is 0 Å². The van der Waals surface area contributed by atoms with E-state index in [0.29, 0.717) is 29.6 Å². The zero-order valence-electron chi connectivity index (χ0n) is 11.4. The van der Waals surface area contributed by atoms with E-state index in [9.17, 15) is 9.59 Å². The molecule has 0 unspecified atom stereocenters. The summed E-state index contributed by atoms with van der Waals surface area (Å²) in [5, 5.41) is 0. The number of carbonyl (C=O) groups excluding carboxylic acids is 1. The molecule has 0 radical (unpaired) electrons. The first-order valence-corrected chi connectivity index (χ1v) is 6.21. The largest absolute Gasteiger partial charge is 0.419 e. The van der Waals surface area contributed by atoms with Gasteiger partial charge in [0, 0.05) is 18.0 Å². The van der Waals surface area contributed by atoms with Crippen LogP contribution in [-0.2, 0) is 7.05 Å². The van der Waals surface area contributed by atoms with Gasteiger partial charge < -0.3 is 10.2 Å². The third-order valence-electron chi connectivity index (χ3n) is 3.44. The van der Waals surface area contributed by atoms with Gasteiger partial charge in [-0.1, -0.05) is 13.8 Å². The standard InChI is InChI=1S/C14H18N2O3/c1-14(2,6-7-15)12(17)9-4-5-10-11(8-9)19-13(18)16(10)3/h4-5,8H,6-7,15H2,1-3H3. The van der Waals surface area contributed by atoms with Crippen LogP contribution in [0, 0.1) is 5.41 Å². The topological polar surface area (TPSA) is 78.2 Å². The Kier molecular flexibility index (Phi) is 3.32. The first kappa shape index (κ1) is 13.5. The van der Waals surface area contributed by atoms with E-state index >= 15 is 0 Å². The minimum Gasteiger partial charge on any atom is -0.408 e. The van der Waals surface area contributed by atoms with Gasteiger partial charge in [0.2, 0.25) is 0 Å². The molecule has 2 N–H and O–H groups in total. The van der Waals surface area contributed by atoms with Crippen LogP contribution in [0.5, 0.6) is 0 Å². The highest BCUT2D eigenvalue weighted by atomic mass is 16.4. The number of aryl methyl sites for hydroxylation is 1. The van der Waals surface area contributed by atoms with Crippen molar-refractivity contribution in [1.29, 1.82) is 0 Å². The van der Waals surface area contributed by atoms with Gasteiger partial charge in [0.1, 0.15) is 0 Å². The molecule has 0 amide bonds. The maximum Gasteiger partial charge on any atom is 0.419 e. The summed E-state index contributed by atoms with van der Waals surface area (Å²) >= 11 is 0. The molecular weight excluding hydrogens is 244 g/mol. The number of fused-ring (bicyclic) bond motifs is 1. The maximum absolute atomic E-state index is 12.4. The average molecular weight is 262 g/mol. The number of ketones is 1. The third kappa shape index (κ3) is 2.33. The molecule has 0 aliphatic carbocycles. The van der Waals surface area contributed by atoms with Crippen molar-refractivity contribution in [2.75, 3.05) is 6.54 Å². The lowest BCUT2D eigenvalue weighted by Gasteiger charge is -2.22. The zero-order chi connectivity index (χ0) is 14.2. The Hall–Kier alpha value is -1.88. The van der Waals surface area contributed by atoms with Gasteiger partial charge in [-0.05, 0) is 31.2 Å². The van der Waals surface area contributed by atoms with Gasteiger partial charge in [0.25, 0.3) is 0 Å². The monoisotopic (exact) mass is 262 g/mol. The number of carbonyl (C=O) groups is 1. The van der Waals surface area contributed by atoms with Crippen LogP contribution in [0.4, 0.5) is 0 Å². The fourth-order valence-electron chi connectivity index (χ4n) is 2.14. The van der Waals surface area contributed by atoms with Gasteiger partial charge in [0.15, 0.2) is 11.4 Å². The number of Topliss-reactive ketones (excluding diaryl/α,β-unsaturated/α-hetero) is 1. The van der Waals surface area contributed by atoms with Crippen molar-refractivity contribution in [3.8, 4) is 0 Å². The summed E-state index contributed by atoms with van der Waals surface area (Å²) in [6.45, 7) is 4.20. The summed E-state index contributed by atoms with van der Waals surface area (Å²) in [6.07, 6.45) is 0.614. The van der Waals surface area contributed by atoms with Crippen LogP contribution in [0.1, 0.15) is 30.6 Å². The van der Waals surface area contributed by atoms with Crippen LogP contribution < -0.4 is 11.5 Å². The normalized spacial score (nSPS) is 12.0. The van der Waals surface area contributed by atoms with E-state index in [4.69, 9.17) is 10.2 Å². The Morgan fingerprint density at radius 2 is 2.11 bits per heavy atom. The molecule has 0 fully saturated rings. The molecule has 1 aromatic heterocycles. The highest BCUT2D eigenvalue weighted by Gasteiger charge is 2.28. The lowest BCUT2D eigenvalue weighted by molar-refractivity contribution is 0.0829. The first-order valence-electron chi connectivity index (χ1n) is 6.21. The molecule has 1 heterocycles. The van der Waals surface area contributed by atoms with Gasteiger partial charge in [-0.3, -0.25) is 9.36 Å². The van der Waals surface area contributed by atoms with E-state index in [1.54, 1.807) is 25.2 Å². The number of benzene rings is 1. The minimum absolute atomic E-state index is 0.00588. The maximum atomic E-state index is 12.4. The van der Waals surface area contributed by atoms with Crippen molar-refractivity contribution >= 4 is 16.9 Å². The summed E-state index contributed by atoms with van der Waals surface area (Å²) in [7, 11) is 1.63. The Balaban J connectivity index is 2.47. The van der Waals surface area contributed by atoms with E-state index in [1.807, 2.05) is 13.8 Å². The van der Waals surface area contributed by atoms with Crippen LogP contribution in [0.15, 0.2) is 27.4 Å². The van der Waals surface area contributed by atoms with Crippen molar-refractivity contribution in [3.05, 3.63) is 34.3 Å². The van der Waals surface area contributed by atoms with Crippen molar-refractivity contribution < 1.29 is 9.21 Å². The first-order chi connectivity index (χ1) is 8.86. The molecule has 0 spiro atoms. The van der Waals surface area contributed by atoms with E-state index in [1.165, 1.54) is 4.57 Å². The molecule has 0 aliphatic heterocycles. The average Bonchev–Trinajstić information content (AvgIpc) is 2.63. The molecule has 19 heavy (non-hydrogen) atoms. The molecule has 2 rings (SSSR count). The van der Waals surface area contributed by atoms with Gasteiger partial charge in [-0.25, -0.2) is 4.79 Å². The molecule has 0 aliphatic rings. The van der Waals surface area contributed by atoms with E-state index in [2.05, 4.69) is 0 Å². The summed E-state index contributed by atoms with van der Waals surface area (Å²) < 4.78 is 6.50. The predicted molar refractivity (Wildman–Crippen MR) is 73.2 cm³/mol. The second-order valence-corrected chi connectivity index (χ2v) is 5.36. The van der Waals surface area contributed by atoms with E-state index < -0.39 is 11.2 Å². The Morgan fingerprint density at radius 3 is 2.74 bits per heavy atom. The number of aromatic nitrogens is 1.